The number of aryl methyl sites for hydroxylation is 1. The minimum Gasteiger partial charge on any atom is -0.478 e. The highest BCUT2D eigenvalue weighted by Crippen LogP contribution is 2.19. The SMILES string of the molecule is CC(C)(C)OC(=O)CCc1ccc(C(=O)O)c(Cl)c1. The van der Waals surface area contributed by atoms with Crippen molar-refractivity contribution in [3.8, 4) is 0 Å². The Hall–Kier alpha value is -1.55. The lowest BCUT2D eigenvalue weighted by molar-refractivity contribution is -0.154. The zero-order chi connectivity index (χ0) is 14.6. The molecule has 0 atom stereocenters. The number of esters is 1. The van der Waals surface area contributed by atoms with Gasteiger partial charge in [0.1, 0.15) is 5.60 Å². The average molecular weight is 285 g/mol. The highest BCUT2D eigenvalue weighted by molar-refractivity contribution is 6.33. The van der Waals surface area contributed by atoms with Crippen LogP contribution in [-0.4, -0.2) is 22.6 Å². The fourth-order valence-corrected chi connectivity index (χ4v) is 1.81. The van der Waals surface area contributed by atoms with Crippen LogP contribution in [0.5, 0.6) is 0 Å². The Morgan fingerprint density at radius 2 is 1.95 bits per heavy atom. The maximum atomic E-state index is 11.5. The summed E-state index contributed by atoms with van der Waals surface area (Å²) in [5, 5.41) is 9.02. The minimum absolute atomic E-state index is 0.0580. The Morgan fingerprint density at radius 3 is 2.42 bits per heavy atom. The van der Waals surface area contributed by atoms with Crippen molar-refractivity contribution in [2.45, 2.75) is 39.2 Å². The van der Waals surface area contributed by atoms with Crippen LogP contribution in [0.4, 0.5) is 0 Å². The summed E-state index contributed by atoms with van der Waals surface area (Å²) in [5.41, 5.74) is 0.366. The van der Waals surface area contributed by atoms with Gasteiger partial charge in [-0.1, -0.05) is 17.7 Å². The molecule has 0 unspecified atom stereocenters. The van der Waals surface area contributed by atoms with E-state index in [2.05, 4.69) is 0 Å². The molecular formula is C14H17ClO4. The van der Waals surface area contributed by atoms with Crippen molar-refractivity contribution in [2.24, 2.45) is 0 Å². The van der Waals surface area contributed by atoms with Gasteiger partial charge >= 0.3 is 11.9 Å². The first-order valence-electron chi connectivity index (χ1n) is 5.92. The Morgan fingerprint density at radius 1 is 1.32 bits per heavy atom. The largest absolute Gasteiger partial charge is 0.478 e. The molecule has 0 aliphatic rings. The van der Waals surface area contributed by atoms with Crippen molar-refractivity contribution in [2.75, 3.05) is 0 Å². The highest BCUT2D eigenvalue weighted by atomic mass is 35.5. The predicted octanol–water partition coefficient (Wildman–Crippen LogP) is 3.31. The van der Waals surface area contributed by atoms with Crippen molar-refractivity contribution < 1.29 is 19.4 Å². The monoisotopic (exact) mass is 284 g/mol. The number of hydrogen-bond acceptors (Lipinski definition) is 3. The average Bonchev–Trinajstić information content (AvgIpc) is 2.23. The third-order valence-corrected chi connectivity index (χ3v) is 2.61. The second kappa shape index (κ2) is 6.06. The van der Waals surface area contributed by atoms with Crippen LogP contribution in [0.15, 0.2) is 18.2 Å². The summed E-state index contributed by atoms with van der Waals surface area (Å²) in [6.07, 6.45) is 0.703. The van der Waals surface area contributed by atoms with Crippen LogP contribution in [0.1, 0.15) is 43.1 Å². The molecule has 0 heterocycles. The second-order valence-corrected chi connectivity index (χ2v) is 5.61. The van der Waals surface area contributed by atoms with Crippen LogP contribution in [0.2, 0.25) is 5.02 Å². The van der Waals surface area contributed by atoms with E-state index in [0.717, 1.165) is 5.56 Å². The molecule has 4 nitrogen and oxygen atoms in total. The van der Waals surface area contributed by atoms with Gasteiger partial charge in [-0.25, -0.2) is 4.79 Å². The highest BCUT2D eigenvalue weighted by Gasteiger charge is 2.16. The summed E-state index contributed by atoms with van der Waals surface area (Å²) in [6.45, 7) is 5.43. The standard InChI is InChI=1S/C14H17ClO4/c1-14(2,3)19-12(16)7-5-9-4-6-10(13(17)18)11(15)8-9/h4,6,8H,5,7H2,1-3H3,(H,17,18). The lowest BCUT2D eigenvalue weighted by atomic mass is 10.1. The zero-order valence-electron chi connectivity index (χ0n) is 11.2. The number of aromatic carboxylic acids is 1. The summed E-state index contributed by atoms with van der Waals surface area (Å²) < 4.78 is 5.19. The van der Waals surface area contributed by atoms with Crippen molar-refractivity contribution in [1.29, 1.82) is 0 Å². The first-order chi connectivity index (χ1) is 8.69. The van der Waals surface area contributed by atoms with Gasteiger partial charge in [0.2, 0.25) is 0 Å². The molecule has 1 aromatic rings. The van der Waals surface area contributed by atoms with Crippen LogP contribution in [0, 0.1) is 0 Å². The van der Waals surface area contributed by atoms with Gasteiger partial charge in [-0.15, -0.1) is 0 Å². The van der Waals surface area contributed by atoms with Crippen LogP contribution < -0.4 is 0 Å². The van der Waals surface area contributed by atoms with Gasteiger partial charge in [0.15, 0.2) is 0 Å². The number of ether oxygens (including phenoxy) is 1. The van der Waals surface area contributed by atoms with Crippen molar-refractivity contribution in [1.82, 2.24) is 0 Å². The van der Waals surface area contributed by atoms with E-state index in [1.54, 1.807) is 12.1 Å². The topological polar surface area (TPSA) is 63.6 Å². The van der Waals surface area contributed by atoms with Gasteiger partial charge < -0.3 is 9.84 Å². The zero-order valence-corrected chi connectivity index (χ0v) is 12.0. The molecule has 0 saturated heterocycles. The molecule has 1 N–H and O–H groups in total. The third kappa shape index (κ3) is 5.30. The Balaban J connectivity index is 2.62. The molecular weight excluding hydrogens is 268 g/mol. The van der Waals surface area contributed by atoms with E-state index in [1.165, 1.54) is 6.07 Å². The molecule has 104 valence electrons. The summed E-state index contributed by atoms with van der Waals surface area (Å²) in [4.78, 5) is 22.3. The molecule has 0 aromatic heterocycles. The molecule has 1 aromatic carbocycles. The molecule has 0 spiro atoms. The van der Waals surface area contributed by atoms with Crippen molar-refractivity contribution in [3.05, 3.63) is 34.3 Å². The molecule has 19 heavy (non-hydrogen) atoms. The van der Waals surface area contributed by atoms with Crippen LogP contribution in [0.25, 0.3) is 0 Å². The number of carboxylic acids is 1. The van der Waals surface area contributed by atoms with Gasteiger partial charge in [0.25, 0.3) is 0 Å². The first kappa shape index (κ1) is 15.5. The van der Waals surface area contributed by atoms with Gasteiger partial charge in [0.05, 0.1) is 10.6 Å². The Labute approximate surface area is 117 Å². The molecule has 0 aliphatic heterocycles. The molecule has 0 aliphatic carbocycles. The second-order valence-electron chi connectivity index (χ2n) is 5.21. The summed E-state index contributed by atoms with van der Waals surface area (Å²) >= 11 is 5.85. The van der Waals surface area contributed by atoms with Gasteiger partial charge in [-0.05, 0) is 44.9 Å². The Bertz CT molecular complexity index is 489. The predicted molar refractivity (Wildman–Crippen MR) is 72.6 cm³/mol. The summed E-state index contributed by atoms with van der Waals surface area (Å²) in [5.74, 6) is -1.35. The Kier molecular flexibility index (Phi) is 4.95. The number of carbonyl (C=O) groups is 2. The van der Waals surface area contributed by atoms with E-state index in [9.17, 15) is 9.59 Å². The van der Waals surface area contributed by atoms with Crippen molar-refractivity contribution >= 4 is 23.5 Å². The number of hydrogen-bond donors (Lipinski definition) is 1. The van der Waals surface area contributed by atoms with Crippen molar-refractivity contribution in [3.63, 3.8) is 0 Å². The molecule has 0 radical (unpaired) electrons. The van der Waals surface area contributed by atoms with E-state index in [4.69, 9.17) is 21.4 Å². The van der Waals surface area contributed by atoms with Crippen LogP contribution >= 0.6 is 11.6 Å². The maximum Gasteiger partial charge on any atom is 0.337 e. The van der Waals surface area contributed by atoms with Gasteiger partial charge in [-0.2, -0.15) is 0 Å². The summed E-state index contributed by atoms with van der Waals surface area (Å²) in [6, 6.07) is 4.66. The number of benzene rings is 1. The lowest BCUT2D eigenvalue weighted by Gasteiger charge is -2.19. The van der Waals surface area contributed by atoms with E-state index in [1.807, 2.05) is 20.8 Å². The van der Waals surface area contributed by atoms with Crippen LogP contribution in [0.3, 0.4) is 0 Å². The first-order valence-corrected chi connectivity index (χ1v) is 6.30. The molecule has 1 rings (SSSR count). The lowest BCUT2D eigenvalue weighted by Crippen LogP contribution is -2.24. The van der Waals surface area contributed by atoms with E-state index in [0.29, 0.717) is 6.42 Å². The molecule has 0 bridgehead atoms. The normalized spacial score (nSPS) is 11.2. The number of carbonyl (C=O) groups excluding carboxylic acids is 1. The quantitative estimate of drug-likeness (QED) is 0.862. The van der Waals surface area contributed by atoms with Crippen LogP contribution in [-0.2, 0) is 16.0 Å². The number of halogens is 1. The van der Waals surface area contributed by atoms with E-state index < -0.39 is 11.6 Å². The fourth-order valence-electron chi connectivity index (χ4n) is 1.53. The van der Waals surface area contributed by atoms with E-state index >= 15 is 0 Å². The van der Waals surface area contributed by atoms with Gasteiger partial charge in [0, 0.05) is 6.42 Å². The third-order valence-electron chi connectivity index (χ3n) is 2.30. The minimum atomic E-state index is -1.07. The molecule has 0 amide bonds. The van der Waals surface area contributed by atoms with E-state index in [-0.39, 0.29) is 23.0 Å². The smallest absolute Gasteiger partial charge is 0.337 e. The molecule has 0 saturated carbocycles. The maximum absolute atomic E-state index is 11.5. The fraction of sp³-hybridized carbons (Fsp3) is 0.429. The molecule has 0 fully saturated rings. The number of carboxylic acid groups (broad SMARTS) is 1. The number of rotatable bonds is 4. The van der Waals surface area contributed by atoms with Gasteiger partial charge in [-0.3, -0.25) is 4.79 Å². The molecule has 5 heteroatoms. The summed E-state index contributed by atoms with van der Waals surface area (Å²) in [7, 11) is 0.